The van der Waals surface area contributed by atoms with Crippen molar-refractivity contribution in [3.63, 3.8) is 0 Å². The first-order valence-electron chi connectivity index (χ1n) is 9.34. The van der Waals surface area contributed by atoms with Gasteiger partial charge in [0.15, 0.2) is 0 Å². The van der Waals surface area contributed by atoms with Gasteiger partial charge in [0.1, 0.15) is 5.60 Å². The molecule has 0 fully saturated rings. The van der Waals surface area contributed by atoms with Crippen LogP contribution < -0.4 is 10.6 Å². The molecule has 1 unspecified atom stereocenters. The number of guanidine groups is 1. The highest BCUT2D eigenvalue weighted by molar-refractivity contribution is 5.94. The van der Waals surface area contributed by atoms with Crippen LogP contribution in [-0.4, -0.2) is 46.0 Å². The molecule has 0 saturated heterocycles. The number of allylic oxidation sites excluding steroid dienone is 1. The molecule has 0 radical (unpaired) electrons. The maximum absolute atomic E-state index is 12.2. The smallest absolute Gasteiger partial charge is 0.414 e. The number of carbonyl (C=O) groups excluding carboxylic acids is 1. The standard InChI is InChI=1S/C21H31N3O5/c1-6-7-11-21(5,14-25)24-18(23-19(28)29-20(2,3)4)22-13-15-9-8-10-16(12-15)17(26)27/h6,8-10,12,25H,1,7,11,13-14H2,2-5H3,(H,26,27)(H2,22,23,24,28). The van der Waals surface area contributed by atoms with Gasteiger partial charge in [0.25, 0.3) is 0 Å². The molecule has 1 aromatic rings. The van der Waals surface area contributed by atoms with Crippen molar-refractivity contribution in [1.29, 1.82) is 0 Å². The van der Waals surface area contributed by atoms with Gasteiger partial charge >= 0.3 is 12.1 Å². The van der Waals surface area contributed by atoms with E-state index in [4.69, 9.17) is 9.84 Å². The zero-order chi connectivity index (χ0) is 22.1. The van der Waals surface area contributed by atoms with E-state index in [1.165, 1.54) is 12.1 Å². The summed E-state index contributed by atoms with van der Waals surface area (Å²) < 4.78 is 5.27. The van der Waals surface area contributed by atoms with Gasteiger partial charge in [-0.05, 0) is 58.2 Å². The molecule has 0 bridgehead atoms. The number of hydrogen-bond donors (Lipinski definition) is 4. The number of hydrogen-bond acceptors (Lipinski definition) is 5. The Morgan fingerprint density at radius 2 is 1.97 bits per heavy atom. The number of aromatic carboxylic acids is 1. The van der Waals surface area contributed by atoms with Crippen molar-refractivity contribution in [3.8, 4) is 0 Å². The van der Waals surface area contributed by atoms with Crippen LogP contribution in [0.5, 0.6) is 0 Å². The number of amides is 1. The molecule has 0 aliphatic carbocycles. The molecule has 0 heterocycles. The number of aliphatic hydroxyl groups excluding tert-OH is 1. The highest BCUT2D eigenvalue weighted by Crippen LogP contribution is 2.13. The first-order chi connectivity index (χ1) is 13.5. The van der Waals surface area contributed by atoms with Crippen LogP contribution in [-0.2, 0) is 11.3 Å². The van der Waals surface area contributed by atoms with Gasteiger partial charge in [0, 0.05) is 0 Å². The Morgan fingerprint density at radius 3 is 2.52 bits per heavy atom. The zero-order valence-corrected chi connectivity index (χ0v) is 17.5. The van der Waals surface area contributed by atoms with Gasteiger partial charge in [-0.3, -0.25) is 5.32 Å². The molecule has 1 rings (SSSR count). The van der Waals surface area contributed by atoms with Crippen LogP contribution in [0.3, 0.4) is 0 Å². The van der Waals surface area contributed by atoms with E-state index in [2.05, 4.69) is 22.2 Å². The Balaban J connectivity index is 3.06. The molecule has 8 nitrogen and oxygen atoms in total. The number of alkyl carbamates (subject to hydrolysis) is 1. The van der Waals surface area contributed by atoms with Crippen LogP contribution in [0.4, 0.5) is 4.79 Å². The lowest BCUT2D eigenvalue weighted by molar-refractivity contribution is 0.0558. The predicted molar refractivity (Wildman–Crippen MR) is 112 cm³/mol. The number of rotatable bonds is 8. The molecule has 0 aromatic heterocycles. The van der Waals surface area contributed by atoms with E-state index >= 15 is 0 Å². The number of aliphatic imine (C=N–C) groups is 1. The van der Waals surface area contributed by atoms with Gasteiger partial charge in [-0.15, -0.1) is 6.58 Å². The minimum Gasteiger partial charge on any atom is -0.478 e. The average Bonchev–Trinajstić information content (AvgIpc) is 2.63. The third-order valence-corrected chi connectivity index (χ3v) is 3.88. The highest BCUT2D eigenvalue weighted by Gasteiger charge is 2.25. The summed E-state index contributed by atoms with van der Waals surface area (Å²) >= 11 is 0. The summed E-state index contributed by atoms with van der Waals surface area (Å²) in [5.74, 6) is -0.904. The fraction of sp³-hybridized carbons (Fsp3) is 0.476. The fourth-order valence-electron chi connectivity index (χ4n) is 2.37. The summed E-state index contributed by atoms with van der Waals surface area (Å²) in [7, 11) is 0. The lowest BCUT2D eigenvalue weighted by atomic mass is 9.97. The number of benzene rings is 1. The number of nitrogens with one attached hydrogen (secondary N) is 2. The lowest BCUT2D eigenvalue weighted by Crippen LogP contribution is -2.55. The summed E-state index contributed by atoms with van der Waals surface area (Å²) in [6.07, 6.45) is 2.28. The summed E-state index contributed by atoms with van der Waals surface area (Å²) in [5, 5.41) is 24.6. The topological polar surface area (TPSA) is 120 Å². The van der Waals surface area contributed by atoms with E-state index in [1.807, 2.05) is 0 Å². The number of carboxylic acid groups (broad SMARTS) is 1. The van der Waals surface area contributed by atoms with E-state index in [1.54, 1.807) is 45.9 Å². The highest BCUT2D eigenvalue weighted by atomic mass is 16.6. The van der Waals surface area contributed by atoms with Gasteiger partial charge in [-0.1, -0.05) is 18.2 Å². The molecule has 1 atom stereocenters. The van der Waals surface area contributed by atoms with E-state index < -0.39 is 23.2 Å². The Kier molecular flexibility index (Phi) is 8.85. The summed E-state index contributed by atoms with van der Waals surface area (Å²) in [6.45, 7) is 10.7. The van der Waals surface area contributed by atoms with Crippen molar-refractivity contribution in [2.75, 3.05) is 6.61 Å². The molecule has 0 aliphatic rings. The van der Waals surface area contributed by atoms with Gasteiger partial charge in [-0.25, -0.2) is 14.6 Å². The molecule has 1 amide bonds. The molecular weight excluding hydrogens is 374 g/mol. The van der Waals surface area contributed by atoms with Crippen molar-refractivity contribution in [3.05, 3.63) is 48.0 Å². The van der Waals surface area contributed by atoms with Gasteiger partial charge in [0.05, 0.1) is 24.3 Å². The molecule has 29 heavy (non-hydrogen) atoms. The Bertz CT molecular complexity index is 755. The van der Waals surface area contributed by atoms with Crippen LogP contribution in [0, 0.1) is 0 Å². The average molecular weight is 405 g/mol. The number of carboxylic acids is 1. The molecule has 0 aliphatic heterocycles. The van der Waals surface area contributed by atoms with Crippen molar-refractivity contribution in [2.24, 2.45) is 4.99 Å². The Hall–Kier alpha value is -2.87. The number of carbonyl (C=O) groups is 2. The Morgan fingerprint density at radius 1 is 1.28 bits per heavy atom. The second-order valence-electron chi connectivity index (χ2n) is 7.97. The second kappa shape index (κ2) is 10.6. The zero-order valence-electron chi connectivity index (χ0n) is 17.5. The molecule has 1 aromatic carbocycles. The monoisotopic (exact) mass is 405 g/mol. The van der Waals surface area contributed by atoms with E-state index in [-0.39, 0.29) is 24.7 Å². The first kappa shape index (κ1) is 24.2. The van der Waals surface area contributed by atoms with Crippen LogP contribution >= 0.6 is 0 Å². The van der Waals surface area contributed by atoms with Crippen molar-refractivity contribution in [2.45, 2.75) is 58.2 Å². The van der Waals surface area contributed by atoms with E-state index in [0.29, 0.717) is 18.4 Å². The molecular formula is C21H31N3O5. The Labute approximate surface area is 171 Å². The van der Waals surface area contributed by atoms with Crippen LogP contribution in [0.25, 0.3) is 0 Å². The SMILES string of the molecule is C=CCCC(C)(CO)NC(=NCc1cccc(C(=O)O)c1)NC(=O)OC(C)(C)C. The van der Waals surface area contributed by atoms with E-state index in [0.717, 1.165) is 0 Å². The second-order valence-corrected chi connectivity index (χ2v) is 7.97. The van der Waals surface area contributed by atoms with Crippen molar-refractivity contribution >= 4 is 18.0 Å². The summed E-state index contributed by atoms with van der Waals surface area (Å²) in [6, 6.07) is 6.38. The molecule has 8 heteroatoms. The minimum atomic E-state index is -1.03. The maximum Gasteiger partial charge on any atom is 0.414 e. The van der Waals surface area contributed by atoms with Crippen LogP contribution in [0.2, 0.25) is 0 Å². The number of aliphatic hydroxyl groups is 1. The summed E-state index contributed by atoms with van der Waals surface area (Å²) in [5.41, 5.74) is -0.621. The van der Waals surface area contributed by atoms with Crippen molar-refractivity contribution < 1.29 is 24.5 Å². The van der Waals surface area contributed by atoms with Crippen molar-refractivity contribution in [1.82, 2.24) is 10.6 Å². The number of ether oxygens (including phenoxy) is 1. The third kappa shape index (κ3) is 9.25. The van der Waals surface area contributed by atoms with Gasteiger partial charge in [0.2, 0.25) is 5.96 Å². The van der Waals surface area contributed by atoms with Gasteiger partial charge < -0.3 is 20.3 Å². The lowest BCUT2D eigenvalue weighted by Gasteiger charge is -2.30. The number of nitrogens with zero attached hydrogens (tertiary/aromatic N) is 1. The van der Waals surface area contributed by atoms with Crippen LogP contribution in [0.15, 0.2) is 41.9 Å². The maximum atomic E-state index is 12.2. The fourth-order valence-corrected chi connectivity index (χ4v) is 2.37. The predicted octanol–water partition coefficient (Wildman–Crippen LogP) is 3.07. The molecule has 0 spiro atoms. The first-order valence-corrected chi connectivity index (χ1v) is 9.34. The molecule has 0 saturated carbocycles. The van der Waals surface area contributed by atoms with Gasteiger partial charge in [-0.2, -0.15) is 0 Å². The minimum absolute atomic E-state index is 0.126. The van der Waals surface area contributed by atoms with E-state index in [9.17, 15) is 14.7 Å². The normalized spacial score (nSPS) is 13.9. The molecule has 4 N–H and O–H groups in total. The largest absolute Gasteiger partial charge is 0.478 e. The van der Waals surface area contributed by atoms with Crippen LogP contribution in [0.1, 0.15) is 56.5 Å². The summed E-state index contributed by atoms with van der Waals surface area (Å²) in [4.78, 5) is 27.7. The quantitative estimate of drug-likeness (QED) is 0.300. The molecule has 160 valence electrons. The third-order valence-electron chi connectivity index (χ3n) is 3.88.